The van der Waals surface area contributed by atoms with Crippen molar-refractivity contribution in [2.75, 3.05) is 13.2 Å². The molecule has 0 spiro atoms. The van der Waals surface area contributed by atoms with Gasteiger partial charge in [0, 0.05) is 6.04 Å². The van der Waals surface area contributed by atoms with Crippen LogP contribution >= 0.6 is 0 Å². The van der Waals surface area contributed by atoms with E-state index in [1.165, 1.54) is 32.1 Å². The Balaban J connectivity index is 1.75. The molecular formula is C17H27NO. The number of hydrogen-bond acceptors (Lipinski definition) is 2. The van der Waals surface area contributed by atoms with Crippen LogP contribution < -0.4 is 10.1 Å². The van der Waals surface area contributed by atoms with E-state index in [-0.39, 0.29) is 0 Å². The Labute approximate surface area is 117 Å². The van der Waals surface area contributed by atoms with Crippen LogP contribution in [-0.4, -0.2) is 19.2 Å². The molecule has 19 heavy (non-hydrogen) atoms. The highest BCUT2D eigenvalue weighted by atomic mass is 16.5. The van der Waals surface area contributed by atoms with Crippen molar-refractivity contribution in [2.24, 2.45) is 5.92 Å². The summed E-state index contributed by atoms with van der Waals surface area (Å²) in [6, 6.07) is 10.8. The lowest BCUT2D eigenvalue weighted by atomic mass is 9.95. The minimum absolute atomic E-state index is 0.645. The lowest BCUT2D eigenvalue weighted by molar-refractivity contribution is 0.251. The predicted molar refractivity (Wildman–Crippen MR) is 80.6 cm³/mol. The summed E-state index contributed by atoms with van der Waals surface area (Å²) in [5, 5.41) is 3.72. The summed E-state index contributed by atoms with van der Waals surface area (Å²) in [7, 11) is 0. The third-order valence-corrected chi connectivity index (χ3v) is 4.07. The average Bonchev–Trinajstić information content (AvgIpc) is 2.98. The molecule has 2 heteroatoms. The summed E-state index contributed by atoms with van der Waals surface area (Å²) in [4.78, 5) is 0. The molecule has 1 N–H and O–H groups in total. The van der Waals surface area contributed by atoms with Gasteiger partial charge in [-0.1, -0.05) is 38.0 Å². The number of nitrogens with one attached hydrogen (secondary N) is 1. The molecule has 0 heterocycles. The van der Waals surface area contributed by atoms with E-state index in [1.54, 1.807) is 0 Å². The second kappa shape index (κ2) is 8.21. The fraction of sp³-hybridized carbons (Fsp3) is 0.647. The van der Waals surface area contributed by atoms with Crippen molar-refractivity contribution in [1.29, 1.82) is 0 Å². The summed E-state index contributed by atoms with van der Waals surface area (Å²) >= 11 is 0. The zero-order valence-corrected chi connectivity index (χ0v) is 12.1. The van der Waals surface area contributed by atoms with Crippen LogP contribution in [0.1, 0.15) is 45.4 Å². The Kier molecular flexibility index (Phi) is 6.22. The number of rotatable bonds is 8. The van der Waals surface area contributed by atoms with Crippen LogP contribution in [0.3, 0.4) is 0 Å². The van der Waals surface area contributed by atoms with E-state index in [4.69, 9.17) is 4.74 Å². The lowest BCUT2D eigenvalue weighted by Crippen LogP contribution is -2.37. The average molecular weight is 261 g/mol. The second-order valence-corrected chi connectivity index (χ2v) is 5.56. The van der Waals surface area contributed by atoms with Gasteiger partial charge in [0.1, 0.15) is 5.75 Å². The Morgan fingerprint density at radius 2 is 1.95 bits per heavy atom. The monoisotopic (exact) mass is 261 g/mol. The first-order valence-corrected chi connectivity index (χ1v) is 7.81. The minimum atomic E-state index is 0.645. The molecule has 0 radical (unpaired) electrons. The fourth-order valence-corrected chi connectivity index (χ4v) is 3.01. The molecule has 1 unspecified atom stereocenters. The Morgan fingerprint density at radius 1 is 1.21 bits per heavy atom. The van der Waals surface area contributed by atoms with Crippen molar-refractivity contribution in [1.82, 2.24) is 5.32 Å². The van der Waals surface area contributed by atoms with Gasteiger partial charge in [0.2, 0.25) is 0 Å². The van der Waals surface area contributed by atoms with E-state index in [1.807, 2.05) is 30.3 Å². The molecule has 0 aromatic heterocycles. The molecule has 2 nitrogen and oxygen atoms in total. The first kappa shape index (κ1) is 14.4. The molecule has 1 fully saturated rings. The standard InChI is InChI=1S/C17H27NO/c1-2-13-18-17(15-8-6-7-9-15)12-14-19-16-10-4-3-5-11-16/h3-5,10-11,15,17-18H,2,6-9,12-14H2,1H3. The maximum Gasteiger partial charge on any atom is 0.119 e. The smallest absolute Gasteiger partial charge is 0.119 e. The van der Waals surface area contributed by atoms with Gasteiger partial charge in [-0.2, -0.15) is 0 Å². The summed E-state index contributed by atoms with van der Waals surface area (Å²) in [5.74, 6) is 1.86. The maximum absolute atomic E-state index is 5.84. The van der Waals surface area contributed by atoms with Crippen LogP contribution in [-0.2, 0) is 0 Å². The molecule has 1 aromatic carbocycles. The molecule has 0 bridgehead atoms. The zero-order valence-electron chi connectivity index (χ0n) is 12.1. The van der Waals surface area contributed by atoms with Gasteiger partial charge in [0.25, 0.3) is 0 Å². The van der Waals surface area contributed by atoms with Gasteiger partial charge in [-0.05, 0) is 50.3 Å². The van der Waals surface area contributed by atoms with Crippen LogP contribution in [0, 0.1) is 5.92 Å². The molecule has 1 aromatic rings. The van der Waals surface area contributed by atoms with E-state index < -0.39 is 0 Å². The second-order valence-electron chi connectivity index (χ2n) is 5.56. The number of benzene rings is 1. The zero-order chi connectivity index (χ0) is 13.3. The minimum Gasteiger partial charge on any atom is -0.494 e. The quantitative estimate of drug-likeness (QED) is 0.763. The largest absolute Gasteiger partial charge is 0.494 e. The highest BCUT2D eigenvalue weighted by Gasteiger charge is 2.24. The molecule has 1 saturated carbocycles. The first-order valence-electron chi connectivity index (χ1n) is 7.81. The van der Waals surface area contributed by atoms with Gasteiger partial charge in [-0.25, -0.2) is 0 Å². The van der Waals surface area contributed by atoms with E-state index in [2.05, 4.69) is 12.2 Å². The Bertz CT molecular complexity index is 332. The van der Waals surface area contributed by atoms with Crippen molar-refractivity contribution in [3.05, 3.63) is 30.3 Å². The van der Waals surface area contributed by atoms with Crippen LogP contribution in [0.2, 0.25) is 0 Å². The summed E-state index contributed by atoms with van der Waals surface area (Å²) in [5.41, 5.74) is 0. The number of para-hydroxylation sites is 1. The van der Waals surface area contributed by atoms with Crippen LogP contribution in [0.4, 0.5) is 0 Å². The van der Waals surface area contributed by atoms with Crippen molar-refractivity contribution in [3.8, 4) is 5.75 Å². The summed E-state index contributed by atoms with van der Waals surface area (Å²) in [6.07, 6.45) is 7.95. The molecule has 1 atom stereocenters. The Hall–Kier alpha value is -1.02. The highest BCUT2D eigenvalue weighted by molar-refractivity contribution is 5.20. The molecule has 106 valence electrons. The third kappa shape index (κ3) is 4.87. The van der Waals surface area contributed by atoms with Gasteiger partial charge < -0.3 is 10.1 Å². The first-order chi connectivity index (χ1) is 9.40. The van der Waals surface area contributed by atoms with Crippen molar-refractivity contribution >= 4 is 0 Å². The molecule has 1 aliphatic carbocycles. The normalized spacial score (nSPS) is 17.5. The molecule has 0 aliphatic heterocycles. The Morgan fingerprint density at radius 3 is 2.63 bits per heavy atom. The van der Waals surface area contributed by atoms with Gasteiger partial charge in [0.05, 0.1) is 6.61 Å². The molecular weight excluding hydrogens is 234 g/mol. The van der Waals surface area contributed by atoms with Gasteiger partial charge >= 0.3 is 0 Å². The van der Waals surface area contributed by atoms with Crippen molar-refractivity contribution < 1.29 is 4.74 Å². The van der Waals surface area contributed by atoms with Crippen molar-refractivity contribution in [3.63, 3.8) is 0 Å². The topological polar surface area (TPSA) is 21.3 Å². The van der Waals surface area contributed by atoms with E-state index >= 15 is 0 Å². The number of hydrogen-bond donors (Lipinski definition) is 1. The van der Waals surface area contributed by atoms with Crippen LogP contribution in [0.5, 0.6) is 5.75 Å². The van der Waals surface area contributed by atoms with Gasteiger partial charge in [-0.3, -0.25) is 0 Å². The summed E-state index contributed by atoms with van der Waals surface area (Å²) in [6.45, 7) is 4.19. The van der Waals surface area contributed by atoms with Crippen LogP contribution in [0.25, 0.3) is 0 Å². The lowest BCUT2D eigenvalue weighted by Gasteiger charge is -2.24. The molecule has 0 amide bonds. The molecule has 2 rings (SSSR count). The maximum atomic E-state index is 5.84. The highest BCUT2D eigenvalue weighted by Crippen LogP contribution is 2.29. The van der Waals surface area contributed by atoms with Crippen molar-refractivity contribution in [2.45, 2.75) is 51.5 Å². The van der Waals surface area contributed by atoms with Gasteiger partial charge in [0.15, 0.2) is 0 Å². The SMILES string of the molecule is CCCNC(CCOc1ccccc1)C1CCCC1. The van der Waals surface area contributed by atoms with E-state index in [0.29, 0.717) is 6.04 Å². The molecule has 0 saturated heterocycles. The van der Waals surface area contributed by atoms with Crippen LogP contribution in [0.15, 0.2) is 30.3 Å². The summed E-state index contributed by atoms with van der Waals surface area (Å²) < 4.78 is 5.84. The molecule has 1 aliphatic rings. The van der Waals surface area contributed by atoms with E-state index in [9.17, 15) is 0 Å². The van der Waals surface area contributed by atoms with E-state index in [0.717, 1.165) is 31.2 Å². The third-order valence-electron chi connectivity index (χ3n) is 4.07. The predicted octanol–water partition coefficient (Wildman–Crippen LogP) is 4.01. The number of ether oxygens (including phenoxy) is 1. The fourth-order valence-electron chi connectivity index (χ4n) is 3.01. The van der Waals surface area contributed by atoms with Gasteiger partial charge in [-0.15, -0.1) is 0 Å².